The van der Waals surface area contributed by atoms with Crippen molar-refractivity contribution in [3.8, 4) is 0 Å². The van der Waals surface area contributed by atoms with E-state index in [9.17, 15) is 0 Å². The van der Waals surface area contributed by atoms with Crippen molar-refractivity contribution in [3.05, 3.63) is 11.8 Å². The Morgan fingerprint density at radius 2 is 2.33 bits per heavy atom. The van der Waals surface area contributed by atoms with Crippen molar-refractivity contribution in [1.29, 1.82) is 0 Å². The molecule has 0 fully saturated rings. The van der Waals surface area contributed by atoms with E-state index in [1.807, 2.05) is 6.92 Å². The summed E-state index contributed by atoms with van der Waals surface area (Å²) in [6, 6.07) is 0. The molecule has 0 aliphatic carbocycles. The minimum atomic E-state index is 0.825. The van der Waals surface area contributed by atoms with E-state index in [0.717, 1.165) is 19.4 Å². The molecule has 0 aliphatic rings. The van der Waals surface area contributed by atoms with Crippen LogP contribution in [0.4, 0.5) is 0 Å². The third-order valence-electron chi connectivity index (χ3n) is 1.20. The molecule has 0 heterocycles. The highest BCUT2D eigenvalue weighted by molar-refractivity contribution is 4.93. The molecule has 0 aliphatic heterocycles. The molecule has 0 saturated carbocycles. The van der Waals surface area contributed by atoms with Crippen LogP contribution in [0.25, 0.3) is 0 Å². The number of hydrogen-bond acceptors (Lipinski definition) is 2. The van der Waals surface area contributed by atoms with Crippen LogP contribution >= 0.6 is 0 Å². The normalized spacial score (nSPS) is 12.0. The lowest BCUT2D eigenvalue weighted by atomic mass is 10.2. The molecule has 0 unspecified atom stereocenters. The van der Waals surface area contributed by atoms with Crippen molar-refractivity contribution >= 4 is 0 Å². The summed E-state index contributed by atoms with van der Waals surface area (Å²) < 4.78 is 4.87. The van der Waals surface area contributed by atoms with E-state index in [1.54, 1.807) is 13.3 Å². The van der Waals surface area contributed by atoms with Gasteiger partial charge in [0.05, 0.1) is 0 Å². The Kier molecular flexibility index (Phi) is 5.32. The summed E-state index contributed by atoms with van der Waals surface area (Å²) >= 11 is 0. The molecule has 0 atom stereocenters. The molecule has 2 N–H and O–H groups in total. The van der Waals surface area contributed by atoms with E-state index in [1.165, 1.54) is 5.57 Å². The molecule has 0 aromatic rings. The van der Waals surface area contributed by atoms with Crippen LogP contribution in [0.1, 0.15) is 19.8 Å². The van der Waals surface area contributed by atoms with Gasteiger partial charge in [-0.25, -0.2) is 0 Å². The van der Waals surface area contributed by atoms with Crippen molar-refractivity contribution < 1.29 is 4.74 Å². The van der Waals surface area contributed by atoms with E-state index in [0.29, 0.717) is 0 Å². The van der Waals surface area contributed by atoms with Gasteiger partial charge in [-0.3, -0.25) is 0 Å². The highest BCUT2D eigenvalue weighted by Gasteiger charge is 1.87. The highest BCUT2D eigenvalue weighted by atomic mass is 16.5. The lowest BCUT2D eigenvalue weighted by Crippen LogP contribution is -1.90. The van der Waals surface area contributed by atoms with Gasteiger partial charge >= 0.3 is 0 Å². The minimum absolute atomic E-state index is 0.825. The quantitative estimate of drug-likeness (QED) is 0.580. The van der Waals surface area contributed by atoms with Gasteiger partial charge in [0, 0.05) is 13.7 Å². The molecule has 9 heavy (non-hydrogen) atoms. The van der Waals surface area contributed by atoms with Gasteiger partial charge in [-0.2, -0.15) is 0 Å². The Hall–Kier alpha value is -0.500. The summed E-state index contributed by atoms with van der Waals surface area (Å²) in [7, 11) is 1.71. The van der Waals surface area contributed by atoms with Crippen molar-refractivity contribution in [2.24, 2.45) is 5.73 Å². The Morgan fingerprint density at radius 3 is 2.78 bits per heavy atom. The fraction of sp³-hybridized carbons (Fsp3) is 0.714. The molecule has 0 amide bonds. The third-order valence-corrected chi connectivity index (χ3v) is 1.20. The second kappa shape index (κ2) is 5.63. The lowest BCUT2D eigenvalue weighted by molar-refractivity contribution is 0.195. The van der Waals surface area contributed by atoms with Crippen LogP contribution < -0.4 is 5.73 Å². The van der Waals surface area contributed by atoms with E-state index in [2.05, 4.69) is 0 Å². The Labute approximate surface area is 56.7 Å². The average Bonchev–Trinajstić information content (AvgIpc) is 1.89. The molecular weight excluding hydrogens is 114 g/mol. The summed E-state index contributed by atoms with van der Waals surface area (Å²) in [5.74, 6) is 0. The molecule has 0 bridgehead atoms. The summed E-state index contributed by atoms with van der Waals surface area (Å²) in [4.78, 5) is 0. The first-order valence-electron chi connectivity index (χ1n) is 3.17. The second-order valence-corrected chi connectivity index (χ2v) is 2.11. The van der Waals surface area contributed by atoms with Crippen molar-refractivity contribution in [2.75, 3.05) is 13.7 Å². The highest BCUT2D eigenvalue weighted by Crippen LogP contribution is 2.00. The van der Waals surface area contributed by atoms with Crippen LogP contribution in [-0.2, 0) is 4.74 Å². The molecule has 0 radical (unpaired) electrons. The Balaban J connectivity index is 3.07. The summed E-state index contributed by atoms with van der Waals surface area (Å²) in [5, 5.41) is 0. The van der Waals surface area contributed by atoms with E-state index in [4.69, 9.17) is 10.5 Å². The molecule has 54 valence electrons. The maximum absolute atomic E-state index is 5.25. The molecule has 0 aromatic heterocycles. The maximum Gasteiger partial charge on any atom is 0.0465 e. The second-order valence-electron chi connectivity index (χ2n) is 2.11. The van der Waals surface area contributed by atoms with Crippen LogP contribution in [0.15, 0.2) is 11.8 Å². The first-order chi connectivity index (χ1) is 4.31. The van der Waals surface area contributed by atoms with Crippen molar-refractivity contribution in [1.82, 2.24) is 0 Å². The van der Waals surface area contributed by atoms with Gasteiger partial charge in [-0.15, -0.1) is 0 Å². The average molecular weight is 129 g/mol. The number of rotatable bonds is 4. The minimum Gasteiger partial charge on any atom is -0.405 e. The standard InChI is InChI=1S/C7H15NO/c1-7(6-8)4-3-5-9-2/h6H,3-5,8H2,1-2H3. The topological polar surface area (TPSA) is 35.2 Å². The summed E-state index contributed by atoms with van der Waals surface area (Å²) in [5.41, 5.74) is 6.48. The van der Waals surface area contributed by atoms with Gasteiger partial charge in [0.15, 0.2) is 0 Å². The number of nitrogens with two attached hydrogens (primary N) is 1. The number of methoxy groups -OCH3 is 1. The predicted octanol–water partition coefficient (Wildman–Crippen LogP) is 1.28. The Morgan fingerprint density at radius 1 is 1.67 bits per heavy atom. The third kappa shape index (κ3) is 5.37. The summed E-state index contributed by atoms with van der Waals surface area (Å²) in [6.07, 6.45) is 3.76. The molecule has 0 aromatic carbocycles. The largest absolute Gasteiger partial charge is 0.405 e. The van der Waals surface area contributed by atoms with Crippen molar-refractivity contribution in [2.45, 2.75) is 19.8 Å². The van der Waals surface area contributed by atoms with Crippen LogP contribution in [0.3, 0.4) is 0 Å². The fourth-order valence-electron chi connectivity index (χ4n) is 0.579. The van der Waals surface area contributed by atoms with E-state index < -0.39 is 0 Å². The number of ether oxygens (including phenoxy) is 1. The van der Waals surface area contributed by atoms with Crippen LogP contribution in [0.2, 0.25) is 0 Å². The van der Waals surface area contributed by atoms with Gasteiger partial charge in [0.25, 0.3) is 0 Å². The molecule has 0 spiro atoms. The first-order valence-corrected chi connectivity index (χ1v) is 3.17. The van der Waals surface area contributed by atoms with Crippen LogP contribution in [0.5, 0.6) is 0 Å². The number of allylic oxidation sites excluding steroid dienone is 1. The maximum atomic E-state index is 5.25. The number of hydrogen-bond donors (Lipinski definition) is 1. The van der Waals surface area contributed by atoms with Crippen LogP contribution in [-0.4, -0.2) is 13.7 Å². The van der Waals surface area contributed by atoms with Gasteiger partial charge in [-0.05, 0) is 26.0 Å². The SMILES string of the molecule is COCCCC(C)=CN. The zero-order valence-corrected chi connectivity index (χ0v) is 6.18. The van der Waals surface area contributed by atoms with E-state index in [-0.39, 0.29) is 0 Å². The van der Waals surface area contributed by atoms with Gasteiger partial charge in [0.2, 0.25) is 0 Å². The Bertz CT molecular complexity index is 88.9. The fourth-order valence-corrected chi connectivity index (χ4v) is 0.579. The predicted molar refractivity (Wildman–Crippen MR) is 39.1 cm³/mol. The first kappa shape index (κ1) is 8.50. The molecule has 0 saturated heterocycles. The van der Waals surface area contributed by atoms with E-state index >= 15 is 0 Å². The lowest BCUT2D eigenvalue weighted by Gasteiger charge is -1.97. The monoisotopic (exact) mass is 129 g/mol. The molecule has 2 heteroatoms. The van der Waals surface area contributed by atoms with Gasteiger partial charge < -0.3 is 10.5 Å². The van der Waals surface area contributed by atoms with Crippen molar-refractivity contribution in [3.63, 3.8) is 0 Å². The molecule has 0 rings (SSSR count). The molecular formula is C7H15NO. The summed E-state index contributed by atoms with van der Waals surface area (Å²) in [6.45, 7) is 2.85. The zero-order chi connectivity index (χ0) is 7.11. The smallest absolute Gasteiger partial charge is 0.0465 e. The van der Waals surface area contributed by atoms with Crippen LogP contribution in [0, 0.1) is 0 Å². The van der Waals surface area contributed by atoms with Gasteiger partial charge in [0.1, 0.15) is 0 Å². The molecule has 2 nitrogen and oxygen atoms in total. The zero-order valence-electron chi connectivity index (χ0n) is 6.18. The van der Waals surface area contributed by atoms with Gasteiger partial charge in [-0.1, -0.05) is 5.57 Å².